The Morgan fingerprint density at radius 2 is 1.94 bits per heavy atom. The molecule has 5 heteroatoms. The number of benzene rings is 1. The van der Waals surface area contributed by atoms with Crippen molar-refractivity contribution in [1.29, 1.82) is 0 Å². The molecule has 0 amide bonds. The summed E-state index contributed by atoms with van der Waals surface area (Å²) < 4.78 is 23.9. The van der Waals surface area contributed by atoms with Gasteiger partial charge in [-0.1, -0.05) is 0 Å². The number of ether oxygens (including phenoxy) is 2. The van der Waals surface area contributed by atoms with Crippen LogP contribution in [0.2, 0.25) is 0 Å². The number of halogens is 1. The van der Waals surface area contributed by atoms with Crippen LogP contribution in [0.5, 0.6) is 11.5 Å². The van der Waals surface area contributed by atoms with Gasteiger partial charge in [0.05, 0.1) is 5.41 Å². The van der Waals surface area contributed by atoms with Crippen molar-refractivity contribution < 1.29 is 23.8 Å². The fourth-order valence-electron chi connectivity index (χ4n) is 2.01. The van der Waals surface area contributed by atoms with E-state index in [2.05, 4.69) is 0 Å². The first-order chi connectivity index (χ1) is 7.63. The maximum atomic E-state index is 13.7. The van der Waals surface area contributed by atoms with E-state index in [9.17, 15) is 9.18 Å². The van der Waals surface area contributed by atoms with E-state index in [1.54, 1.807) is 0 Å². The van der Waals surface area contributed by atoms with Crippen LogP contribution in [0.4, 0.5) is 4.39 Å². The summed E-state index contributed by atoms with van der Waals surface area (Å²) in [5.41, 5.74) is -0.852. The second-order valence-electron chi connectivity index (χ2n) is 4.07. The summed E-state index contributed by atoms with van der Waals surface area (Å²) in [4.78, 5) is 11.1. The van der Waals surface area contributed by atoms with Gasteiger partial charge in [0.25, 0.3) is 0 Å². The zero-order valence-corrected chi connectivity index (χ0v) is 8.33. The highest BCUT2D eigenvalue weighted by Gasteiger charge is 2.53. The number of carboxylic acid groups (broad SMARTS) is 1. The SMILES string of the molecule is O=C(O)C1(c2cc3c(cc2F)OCO3)CC1. The van der Waals surface area contributed by atoms with Crippen LogP contribution in [-0.2, 0) is 10.2 Å². The fourth-order valence-corrected chi connectivity index (χ4v) is 2.01. The average molecular weight is 224 g/mol. The molecule has 1 aliphatic heterocycles. The van der Waals surface area contributed by atoms with Crippen LogP contribution >= 0.6 is 0 Å². The summed E-state index contributed by atoms with van der Waals surface area (Å²) in [6.45, 7) is 0.0539. The molecule has 84 valence electrons. The van der Waals surface area contributed by atoms with E-state index < -0.39 is 17.2 Å². The zero-order chi connectivity index (χ0) is 11.3. The number of rotatable bonds is 2. The molecule has 1 aromatic carbocycles. The molecular formula is C11H9FO4. The van der Waals surface area contributed by atoms with Gasteiger partial charge < -0.3 is 14.6 Å². The Hall–Kier alpha value is -1.78. The first-order valence-corrected chi connectivity index (χ1v) is 4.96. The van der Waals surface area contributed by atoms with E-state index >= 15 is 0 Å². The van der Waals surface area contributed by atoms with E-state index in [4.69, 9.17) is 14.6 Å². The predicted molar refractivity (Wildman–Crippen MR) is 51.1 cm³/mol. The molecule has 0 unspecified atom stereocenters. The topological polar surface area (TPSA) is 55.8 Å². The predicted octanol–water partition coefficient (Wildman–Crippen LogP) is 1.67. The number of hydrogen-bond acceptors (Lipinski definition) is 3. The summed E-state index contributed by atoms with van der Waals surface area (Å²) in [6.07, 6.45) is 0.942. The minimum atomic E-state index is -1.05. The van der Waals surface area contributed by atoms with Gasteiger partial charge in [0, 0.05) is 11.6 Å². The Bertz CT molecular complexity index is 479. The Kier molecular flexibility index (Phi) is 1.70. The first-order valence-electron chi connectivity index (χ1n) is 4.96. The highest BCUT2D eigenvalue weighted by atomic mass is 19.1. The summed E-state index contributed by atoms with van der Waals surface area (Å²) in [6, 6.07) is 2.64. The molecule has 1 saturated carbocycles. The molecule has 4 nitrogen and oxygen atoms in total. The van der Waals surface area contributed by atoms with Crippen molar-refractivity contribution in [2.45, 2.75) is 18.3 Å². The van der Waals surface area contributed by atoms with Crippen LogP contribution in [0.1, 0.15) is 18.4 Å². The summed E-state index contributed by atoms with van der Waals surface area (Å²) in [7, 11) is 0. The maximum Gasteiger partial charge on any atom is 0.314 e. The Labute approximate surface area is 90.6 Å². The van der Waals surface area contributed by atoms with Crippen LogP contribution in [0.15, 0.2) is 12.1 Å². The Morgan fingerprint density at radius 3 is 2.50 bits per heavy atom. The van der Waals surface area contributed by atoms with E-state index in [0.717, 1.165) is 0 Å². The van der Waals surface area contributed by atoms with Gasteiger partial charge in [0.15, 0.2) is 11.5 Å². The van der Waals surface area contributed by atoms with E-state index in [1.165, 1.54) is 12.1 Å². The van der Waals surface area contributed by atoms with Crippen LogP contribution in [-0.4, -0.2) is 17.9 Å². The molecule has 1 fully saturated rings. The standard InChI is InChI=1S/C11H9FO4/c12-7-4-9-8(15-5-16-9)3-6(7)11(1-2-11)10(13)14/h3-4H,1-2,5H2,(H,13,14). The van der Waals surface area contributed by atoms with Crippen molar-refractivity contribution in [3.05, 3.63) is 23.5 Å². The Morgan fingerprint density at radius 1 is 1.31 bits per heavy atom. The van der Waals surface area contributed by atoms with Crippen LogP contribution in [0, 0.1) is 5.82 Å². The number of carboxylic acids is 1. The molecule has 1 N–H and O–H groups in total. The fraction of sp³-hybridized carbons (Fsp3) is 0.364. The molecule has 1 heterocycles. The molecule has 1 aromatic rings. The van der Waals surface area contributed by atoms with Gasteiger partial charge >= 0.3 is 5.97 Å². The van der Waals surface area contributed by atoms with Gasteiger partial charge in [0.1, 0.15) is 5.82 Å². The van der Waals surface area contributed by atoms with Crippen molar-refractivity contribution in [3.63, 3.8) is 0 Å². The van der Waals surface area contributed by atoms with Gasteiger partial charge in [-0.3, -0.25) is 4.79 Å². The van der Waals surface area contributed by atoms with Gasteiger partial charge in [-0.15, -0.1) is 0 Å². The lowest BCUT2D eigenvalue weighted by atomic mass is 9.95. The lowest BCUT2D eigenvalue weighted by Crippen LogP contribution is -2.20. The molecule has 0 radical (unpaired) electrons. The monoisotopic (exact) mass is 224 g/mol. The van der Waals surface area contributed by atoms with Crippen molar-refractivity contribution in [1.82, 2.24) is 0 Å². The van der Waals surface area contributed by atoms with Crippen LogP contribution in [0.25, 0.3) is 0 Å². The van der Waals surface area contributed by atoms with Gasteiger partial charge in [-0.05, 0) is 18.9 Å². The highest BCUT2D eigenvalue weighted by molar-refractivity contribution is 5.85. The normalized spacial score (nSPS) is 19.6. The highest BCUT2D eigenvalue weighted by Crippen LogP contribution is 2.51. The van der Waals surface area contributed by atoms with Gasteiger partial charge in [-0.2, -0.15) is 0 Å². The number of hydrogen-bond donors (Lipinski definition) is 1. The van der Waals surface area contributed by atoms with Crippen LogP contribution < -0.4 is 9.47 Å². The molecule has 0 saturated heterocycles. The molecular weight excluding hydrogens is 215 g/mol. The molecule has 3 rings (SSSR count). The van der Waals surface area contributed by atoms with E-state index in [1.807, 2.05) is 0 Å². The molecule has 1 aliphatic carbocycles. The van der Waals surface area contributed by atoms with Crippen molar-refractivity contribution >= 4 is 5.97 Å². The van der Waals surface area contributed by atoms with Crippen molar-refractivity contribution in [2.75, 3.05) is 6.79 Å². The maximum absolute atomic E-state index is 13.7. The summed E-state index contributed by atoms with van der Waals surface area (Å²) in [5.74, 6) is -0.763. The van der Waals surface area contributed by atoms with Crippen LogP contribution in [0.3, 0.4) is 0 Å². The van der Waals surface area contributed by atoms with Gasteiger partial charge in [0.2, 0.25) is 6.79 Å². The zero-order valence-electron chi connectivity index (χ0n) is 8.33. The third-order valence-corrected chi connectivity index (χ3v) is 3.14. The molecule has 0 atom stereocenters. The van der Waals surface area contributed by atoms with Crippen molar-refractivity contribution in [3.8, 4) is 11.5 Å². The quantitative estimate of drug-likeness (QED) is 0.830. The largest absolute Gasteiger partial charge is 0.481 e. The summed E-state index contributed by atoms with van der Waals surface area (Å²) in [5, 5.41) is 9.09. The number of aliphatic carboxylic acids is 1. The minimum absolute atomic E-state index is 0.0539. The minimum Gasteiger partial charge on any atom is -0.481 e. The Balaban J connectivity index is 2.12. The number of fused-ring (bicyclic) bond motifs is 1. The average Bonchev–Trinajstić information content (AvgIpc) is 2.92. The lowest BCUT2D eigenvalue weighted by Gasteiger charge is -2.11. The molecule has 2 aliphatic rings. The van der Waals surface area contributed by atoms with Gasteiger partial charge in [-0.25, -0.2) is 4.39 Å². The second-order valence-corrected chi connectivity index (χ2v) is 4.07. The third kappa shape index (κ3) is 1.11. The van der Waals surface area contributed by atoms with Crippen molar-refractivity contribution in [2.24, 2.45) is 0 Å². The second kappa shape index (κ2) is 2.87. The van der Waals surface area contributed by atoms with E-state index in [0.29, 0.717) is 24.3 Å². The summed E-state index contributed by atoms with van der Waals surface area (Å²) >= 11 is 0. The molecule has 0 spiro atoms. The molecule has 0 bridgehead atoms. The molecule has 0 aromatic heterocycles. The lowest BCUT2D eigenvalue weighted by molar-refractivity contribution is -0.140. The first kappa shape index (κ1) is 9.45. The third-order valence-electron chi connectivity index (χ3n) is 3.14. The number of carbonyl (C=O) groups is 1. The smallest absolute Gasteiger partial charge is 0.314 e. The molecule has 16 heavy (non-hydrogen) atoms. The van der Waals surface area contributed by atoms with E-state index in [-0.39, 0.29) is 12.4 Å².